The van der Waals surface area contributed by atoms with Gasteiger partial charge < -0.3 is 19.0 Å². The molecule has 0 saturated heterocycles. The third-order valence-corrected chi connectivity index (χ3v) is 4.69. The van der Waals surface area contributed by atoms with E-state index in [9.17, 15) is 4.79 Å². The highest BCUT2D eigenvalue weighted by molar-refractivity contribution is 6.32. The number of carbonyl (C=O) groups excluding carboxylic acids is 1. The average molecular weight is 411 g/mol. The maximum absolute atomic E-state index is 10.7. The van der Waals surface area contributed by atoms with Crippen LogP contribution in [0.1, 0.15) is 25.8 Å². The van der Waals surface area contributed by atoms with Crippen LogP contribution in [0.15, 0.2) is 41.2 Å². The molecule has 4 rings (SSSR count). The Hall–Kier alpha value is -3.19. The molecule has 1 aromatic carbocycles. The molecule has 7 nitrogen and oxygen atoms in total. The quantitative estimate of drug-likeness (QED) is 0.437. The van der Waals surface area contributed by atoms with Crippen molar-refractivity contribution in [1.29, 1.82) is 0 Å². The lowest BCUT2D eigenvalue weighted by atomic mass is 10.1. The van der Waals surface area contributed by atoms with Crippen LogP contribution >= 0.6 is 11.6 Å². The molecule has 0 aliphatic heterocycles. The molecule has 8 heteroatoms. The summed E-state index contributed by atoms with van der Waals surface area (Å²) in [6.45, 7) is 3.88. The number of hydrogen-bond donors (Lipinski definition) is 1. The topological polar surface area (TPSA) is 93.9 Å². The molecule has 0 atom stereocenters. The summed E-state index contributed by atoms with van der Waals surface area (Å²) < 4.78 is 11.1. The number of nitrogens with one attached hydrogen (secondary N) is 1. The molecular weight excluding hydrogens is 392 g/mol. The molecule has 0 fully saturated rings. The molecule has 3 aromatic heterocycles. The van der Waals surface area contributed by atoms with Crippen LogP contribution in [0.4, 0.5) is 0 Å². The Kier molecular flexibility index (Phi) is 5.31. The Balaban J connectivity index is 1.67. The fourth-order valence-corrected chi connectivity index (χ4v) is 3.34. The molecule has 0 aliphatic carbocycles. The second-order valence-corrected chi connectivity index (χ2v) is 7.25. The van der Waals surface area contributed by atoms with E-state index < -0.39 is 0 Å². The van der Waals surface area contributed by atoms with Gasteiger partial charge in [0.25, 0.3) is 5.89 Å². The Bertz CT molecular complexity index is 1170. The Morgan fingerprint density at radius 1 is 1.31 bits per heavy atom. The van der Waals surface area contributed by atoms with Gasteiger partial charge in [-0.1, -0.05) is 16.8 Å². The Morgan fingerprint density at radius 2 is 2.17 bits per heavy atom. The molecule has 0 radical (unpaired) electrons. The summed E-state index contributed by atoms with van der Waals surface area (Å²) in [5.74, 6) is 1.31. The van der Waals surface area contributed by atoms with Gasteiger partial charge in [0.05, 0.1) is 16.6 Å². The zero-order valence-corrected chi connectivity index (χ0v) is 16.7. The van der Waals surface area contributed by atoms with E-state index in [-0.39, 0.29) is 6.10 Å². The maximum atomic E-state index is 10.7. The molecule has 4 aromatic rings. The fraction of sp³-hybridized carbons (Fsp3) is 0.238. The minimum atomic E-state index is 0.0251. The SMILES string of the molecule is CC(C)Oc1ccc(-c2nc(-c3ncc(CCC=O)c4cc[nH]c34)no2)cc1Cl. The number of H-pyrrole nitrogens is 1. The van der Waals surface area contributed by atoms with Crippen molar-refractivity contribution in [2.24, 2.45) is 0 Å². The second-order valence-electron chi connectivity index (χ2n) is 6.84. The van der Waals surface area contributed by atoms with E-state index in [2.05, 4.69) is 20.1 Å². The monoisotopic (exact) mass is 410 g/mol. The van der Waals surface area contributed by atoms with Crippen molar-refractivity contribution in [3.8, 4) is 28.7 Å². The Labute approximate surface area is 172 Å². The number of aldehydes is 1. The van der Waals surface area contributed by atoms with E-state index in [1.807, 2.05) is 32.2 Å². The van der Waals surface area contributed by atoms with Crippen molar-refractivity contribution in [2.75, 3.05) is 0 Å². The lowest BCUT2D eigenvalue weighted by molar-refractivity contribution is -0.107. The average Bonchev–Trinajstić information content (AvgIpc) is 3.37. The van der Waals surface area contributed by atoms with Gasteiger partial charge in [0.2, 0.25) is 5.82 Å². The van der Waals surface area contributed by atoms with Crippen LogP contribution in [-0.2, 0) is 11.2 Å². The molecule has 0 bridgehead atoms. The first-order chi connectivity index (χ1) is 14.1. The van der Waals surface area contributed by atoms with Crippen molar-refractivity contribution in [2.45, 2.75) is 32.8 Å². The van der Waals surface area contributed by atoms with Gasteiger partial charge in [0, 0.05) is 29.8 Å². The van der Waals surface area contributed by atoms with Crippen molar-refractivity contribution in [1.82, 2.24) is 20.1 Å². The van der Waals surface area contributed by atoms with Crippen LogP contribution in [0.3, 0.4) is 0 Å². The number of carbonyl (C=O) groups is 1. The fourth-order valence-electron chi connectivity index (χ4n) is 3.11. The van der Waals surface area contributed by atoms with E-state index in [4.69, 9.17) is 20.9 Å². The van der Waals surface area contributed by atoms with Gasteiger partial charge in [0.15, 0.2) is 0 Å². The van der Waals surface area contributed by atoms with Crippen molar-refractivity contribution in [3.63, 3.8) is 0 Å². The van der Waals surface area contributed by atoms with Crippen LogP contribution in [0, 0.1) is 0 Å². The summed E-state index contributed by atoms with van der Waals surface area (Å²) in [7, 11) is 0. The molecule has 3 heterocycles. The zero-order valence-electron chi connectivity index (χ0n) is 16.0. The van der Waals surface area contributed by atoms with E-state index in [1.54, 1.807) is 18.3 Å². The van der Waals surface area contributed by atoms with Gasteiger partial charge in [0.1, 0.15) is 17.7 Å². The van der Waals surface area contributed by atoms with E-state index in [0.717, 1.165) is 22.8 Å². The highest BCUT2D eigenvalue weighted by Gasteiger charge is 2.17. The van der Waals surface area contributed by atoms with E-state index in [1.165, 1.54) is 0 Å². The predicted octanol–water partition coefficient (Wildman–Crippen LogP) is 4.85. The number of halogens is 1. The number of aromatic nitrogens is 4. The van der Waals surface area contributed by atoms with Crippen LogP contribution < -0.4 is 4.74 Å². The molecule has 0 unspecified atom stereocenters. The number of aryl methyl sites for hydroxylation is 1. The van der Waals surface area contributed by atoms with Crippen LogP contribution in [0.2, 0.25) is 5.02 Å². The van der Waals surface area contributed by atoms with Gasteiger partial charge in [-0.05, 0) is 50.1 Å². The predicted molar refractivity (Wildman–Crippen MR) is 110 cm³/mol. The third-order valence-electron chi connectivity index (χ3n) is 4.39. The molecule has 0 aliphatic rings. The highest BCUT2D eigenvalue weighted by Crippen LogP contribution is 2.32. The third kappa shape index (κ3) is 3.86. The number of benzene rings is 1. The number of rotatable bonds is 7. The summed E-state index contributed by atoms with van der Waals surface area (Å²) in [6.07, 6.45) is 5.59. The van der Waals surface area contributed by atoms with E-state index in [0.29, 0.717) is 46.6 Å². The smallest absolute Gasteiger partial charge is 0.258 e. The summed E-state index contributed by atoms with van der Waals surface area (Å²) in [5.41, 5.74) is 3.07. The lowest BCUT2D eigenvalue weighted by Gasteiger charge is -2.11. The number of fused-ring (bicyclic) bond motifs is 1. The number of ether oxygens (including phenoxy) is 1. The molecule has 0 saturated carbocycles. The highest BCUT2D eigenvalue weighted by atomic mass is 35.5. The van der Waals surface area contributed by atoms with Gasteiger partial charge in [-0.25, -0.2) is 0 Å². The van der Waals surface area contributed by atoms with Crippen LogP contribution in [0.5, 0.6) is 5.75 Å². The summed E-state index contributed by atoms with van der Waals surface area (Å²) >= 11 is 6.31. The lowest BCUT2D eigenvalue weighted by Crippen LogP contribution is -2.05. The normalized spacial score (nSPS) is 11.3. The molecular formula is C21H19ClN4O3. The number of hydrogen-bond acceptors (Lipinski definition) is 6. The molecule has 0 amide bonds. The van der Waals surface area contributed by atoms with Crippen molar-refractivity contribution < 1.29 is 14.1 Å². The van der Waals surface area contributed by atoms with E-state index >= 15 is 0 Å². The van der Waals surface area contributed by atoms with Crippen LogP contribution in [-0.4, -0.2) is 32.5 Å². The first-order valence-corrected chi connectivity index (χ1v) is 9.64. The van der Waals surface area contributed by atoms with Crippen molar-refractivity contribution >= 4 is 28.8 Å². The largest absolute Gasteiger partial charge is 0.489 e. The molecule has 0 spiro atoms. The molecule has 1 N–H and O–H groups in total. The summed E-state index contributed by atoms with van der Waals surface area (Å²) in [6, 6.07) is 7.29. The first-order valence-electron chi connectivity index (χ1n) is 9.26. The Morgan fingerprint density at radius 3 is 2.93 bits per heavy atom. The van der Waals surface area contributed by atoms with Crippen LogP contribution in [0.25, 0.3) is 33.9 Å². The zero-order chi connectivity index (χ0) is 20.4. The summed E-state index contributed by atoms with van der Waals surface area (Å²) in [4.78, 5) is 22.9. The number of aromatic amines is 1. The second kappa shape index (κ2) is 8.05. The first kappa shape index (κ1) is 19.1. The molecule has 148 valence electrons. The van der Waals surface area contributed by atoms with Gasteiger partial charge in [-0.3, -0.25) is 4.98 Å². The number of nitrogens with zero attached hydrogens (tertiary/aromatic N) is 3. The minimum absolute atomic E-state index is 0.0251. The van der Waals surface area contributed by atoms with Crippen molar-refractivity contribution in [3.05, 3.63) is 47.2 Å². The van der Waals surface area contributed by atoms with Gasteiger partial charge >= 0.3 is 0 Å². The molecule has 29 heavy (non-hydrogen) atoms. The maximum Gasteiger partial charge on any atom is 0.258 e. The van der Waals surface area contributed by atoms with Gasteiger partial charge in [-0.2, -0.15) is 4.98 Å². The number of pyridine rings is 1. The standard InChI is InChI=1S/C21H19ClN4O3/c1-12(2)28-17-6-5-13(10-16(17)22)21-25-20(26-29-21)19-18-15(7-8-23-18)14(11-24-19)4-3-9-27/h5-12,23H,3-4H2,1-2H3. The van der Waals surface area contributed by atoms with Gasteiger partial charge in [-0.15, -0.1) is 0 Å². The summed E-state index contributed by atoms with van der Waals surface area (Å²) in [5, 5.41) is 5.55. The minimum Gasteiger partial charge on any atom is -0.489 e.